The Labute approximate surface area is 118 Å². The minimum atomic E-state index is -3.71. The van der Waals surface area contributed by atoms with Gasteiger partial charge in [-0.1, -0.05) is 11.6 Å². The molecule has 3 aromatic heterocycles. The van der Waals surface area contributed by atoms with Crippen LogP contribution in [0.25, 0.3) is 4.96 Å². The van der Waals surface area contributed by atoms with Crippen LogP contribution in [0.15, 0.2) is 35.1 Å². The highest BCUT2D eigenvalue weighted by Crippen LogP contribution is 2.25. The van der Waals surface area contributed by atoms with Crippen molar-refractivity contribution < 1.29 is 8.42 Å². The van der Waals surface area contributed by atoms with Crippen LogP contribution in [0.3, 0.4) is 0 Å². The second-order valence-electron chi connectivity index (χ2n) is 3.81. The van der Waals surface area contributed by atoms with Gasteiger partial charge in [0.2, 0.25) is 0 Å². The molecule has 0 aliphatic heterocycles. The van der Waals surface area contributed by atoms with E-state index in [1.165, 1.54) is 15.7 Å². The van der Waals surface area contributed by atoms with Crippen LogP contribution in [0.2, 0.25) is 5.15 Å². The van der Waals surface area contributed by atoms with E-state index in [1.54, 1.807) is 30.0 Å². The number of thiazole rings is 1. The lowest BCUT2D eigenvalue weighted by Gasteiger charge is -2.04. The number of nitrogens with one attached hydrogen (secondary N) is 2. The van der Waals surface area contributed by atoms with Gasteiger partial charge in [-0.05, 0) is 11.6 Å². The highest BCUT2D eigenvalue weighted by atomic mass is 35.5. The van der Waals surface area contributed by atoms with Crippen LogP contribution < -0.4 is 4.72 Å². The molecule has 19 heavy (non-hydrogen) atoms. The maximum atomic E-state index is 12.3. The van der Waals surface area contributed by atoms with E-state index in [0.717, 1.165) is 5.56 Å². The molecule has 0 bridgehead atoms. The summed E-state index contributed by atoms with van der Waals surface area (Å²) in [6, 6.07) is 1.79. The smallest absolute Gasteiger partial charge is 0.260 e. The number of hydrogen-bond donors (Lipinski definition) is 2. The van der Waals surface area contributed by atoms with Crippen LogP contribution >= 0.6 is 22.9 Å². The fourth-order valence-corrected chi connectivity index (χ4v) is 4.16. The highest BCUT2D eigenvalue weighted by Gasteiger charge is 2.24. The molecule has 2 N–H and O–H groups in total. The van der Waals surface area contributed by atoms with Gasteiger partial charge in [-0.15, -0.1) is 11.3 Å². The molecular formula is C10H9ClN4O2S2. The Hall–Kier alpha value is -1.35. The van der Waals surface area contributed by atoms with Crippen molar-refractivity contribution in [2.24, 2.45) is 0 Å². The zero-order chi connectivity index (χ0) is 13.5. The molecule has 0 aromatic carbocycles. The Balaban J connectivity index is 1.95. The third kappa shape index (κ3) is 2.27. The molecule has 0 aliphatic rings. The van der Waals surface area contributed by atoms with E-state index in [-0.39, 0.29) is 16.7 Å². The van der Waals surface area contributed by atoms with Crippen molar-refractivity contribution in [1.29, 1.82) is 0 Å². The fourth-order valence-electron chi connectivity index (χ4n) is 1.69. The second kappa shape index (κ2) is 4.64. The number of H-pyrrole nitrogens is 1. The largest absolute Gasteiger partial charge is 0.367 e. The zero-order valence-electron chi connectivity index (χ0n) is 9.50. The Morgan fingerprint density at radius 3 is 3.11 bits per heavy atom. The molecule has 0 saturated heterocycles. The van der Waals surface area contributed by atoms with Crippen LogP contribution in [0.5, 0.6) is 0 Å². The maximum Gasteiger partial charge on any atom is 0.260 e. The van der Waals surface area contributed by atoms with Gasteiger partial charge in [0.05, 0.1) is 0 Å². The number of fused-ring (bicyclic) bond motifs is 1. The summed E-state index contributed by atoms with van der Waals surface area (Å²) >= 11 is 7.23. The topological polar surface area (TPSA) is 79.3 Å². The average Bonchev–Trinajstić information content (AvgIpc) is 3.01. The summed E-state index contributed by atoms with van der Waals surface area (Å²) in [5.74, 6) is 0. The second-order valence-corrected chi connectivity index (χ2v) is 6.72. The van der Waals surface area contributed by atoms with Crippen LogP contribution in [0.4, 0.5) is 0 Å². The highest BCUT2D eigenvalue weighted by molar-refractivity contribution is 7.89. The molecule has 0 radical (unpaired) electrons. The molecule has 6 nitrogen and oxygen atoms in total. The molecule has 3 heterocycles. The number of hydrogen-bond acceptors (Lipinski definition) is 4. The van der Waals surface area contributed by atoms with Crippen molar-refractivity contribution in [3.8, 4) is 0 Å². The molecule has 0 aliphatic carbocycles. The number of halogens is 1. The van der Waals surface area contributed by atoms with Crippen molar-refractivity contribution in [3.63, 3.8) is 0 Å². The third-order valence-electron chi connectivity index (χ3n) is 2.56. The molecule has 0 saturated carbocycles. The summed E-state index contributed by atoms with van der Waals surface area (Å²) in [6.07, 6.45) is 5.08. The molecule has 100 valence electrons. The summed E-state index contributed by atoms with van der Waals surface area (Å²) in [6.45, 7) is 0.194. The number of nitrogens with zero attached hydrogens (tertiary/aromatic N) is 2. The predicted octanol–water partition coefficient (Wildman–Crippen LogP) is 1.86. The van der Waals surface area contributed by atoms with Crippen LogP contribution in [-0.4, -0.2) is 22.8 Å². The maximum absolute atomic E-state index is 12.3. The van der Waals surface area contributed by atoms with Crippen molar-refractivity contribution in [3.05, 3.63) is 40.8 Å². The number of sulfonamides is 1. The van der Waals surface area contributed by atoms with Gasteiger partial charge in [0.1, 0.15) is 0 Å². The van der Waals surface area contributed by atoms with Gasteiger partial charge in [-0.2, -0.15) is 0 Å². The van der Waals surface area contributed by atoms with Gasteiger partial charge < -0.3 is 4.98 Å². The number of aromatic amines is 1. The lowest BCUT2D eigenvalue weighted by molar-refractivity contribution is 0.576. The molecular weight excluding hydrogens is 308 g/mol. The van der Waals surface area contributed by atoms with Crippen molar-refractivity contribution in [2.75, 3.05) is 0 Å². The fraction of sp³-hybridized carbons (Fsp3) is 0.100. The molecule has 0 fully saturated rings. The minimum absolute atomic E-state index is 0.0200. The summed E-state index contributed by atoms with van der Waals surface area (Å²) in [7, 11) is -3.71. The van der Waals surface area contributed by atoms with E-state index in [9.17, 15) is 8.42 Å². The summed E-state index contributed by atoms with van der Waals surface area (Å²) in [5.41, 5.74) is 0.839. The number of rotatable bonds is 4. The average molecular weight is 317 g/mol. The standard InChI is InChI=1S/C10H9ClN4O2S2/c11-8-9(15-3-4-18-10(15)14-8)19(16,17)13-6-7-1-2-12-5-7/h1-5,12-13H,6H2. The minimum Gasteiger partial charge on any atom is -0.367 e. The van der Waals surface area contributed by atoms with Gasteiger partial charge in [0.25, 0.3) is 10.0 Å². The zero-order valence-corrected chi connectivity index (χ0v) is 11.9. The summed E-state index contributed by atoms with van der Waals surface area (Å²) in [4.78, 5) is 7.41. The van der Waals surface area contributed by atoms with Gasteiger partial charge in [0, 0.05) is 30.5 Å². The normalized spacial score (nSPS) is 12.3. The van der Waals surface area contributed by atoms with Crippen LogP contribution in [-0.2, 0) is 16.6 Å². The van der Waals surface area contributed by atoms with Crippen molar-refractivity contribution in [1.82, 2.24) is 19.1 Å². The quantitative estimate of drug-likeness (QED) is 0.771. The molecule has 0 atom stereocenters. The summed E-state index contributed by atoms with van der Waals surface area (Å²) in [5, 5.41) is 1.71. The predicted molar refractivity (Wildman–Crippen MR) is 72.9 cm³/mol. The van der Waals surface area contributed by atoms with Crippen LogP contribution in [0.1, 0.15) is 5.56 Å². The van der Waals surface area contributed by atoms with E-state index in [1.807, 2.05) is 0 Å². The Kier molecular flexibility index (Phi) is 3.09. The van der Waals surface area contributed by atoms with Gasteiger partial charge in [-0.3, -0.25) is 4.40 Å². The number of aromatic nitrogens is 3. The first-order valence-electron chi connectivity index (χ1n) is 5.30. The SMILES string of the molecule is O=S(=O)(NCc1cc[nH]c1)c1c(Cl)nc2sccn12. The number of imidazole rings is 1. The first kappa shape index (κ1) is 12.7. The molecule has 0 amide bonds. The van der Waals surface area contributed by atoms with E-state index >= 15 is 0 Å². The lowest BCUT2D eigenvalue weighted by atomic mass is 10.4. The van der Waals surface area contributed by atoms with Crippen molar-refractivity contribution >= 4 is 37.9 Å². The summed E-state index contributed by atoms with van der Waals surface area (Å²) < 4.78 is 28.5. The van der Waals surface area contributed by atoms with E-state index in [0.29, 0.717) is 4.96 Å². The Morgan fingerprint density at radius 2 is 2.37 bits per heavy atom. The molecule has 3 aromatic rings. The molecule has 3 rings (SSSR count). The monoisotopic (exact) mass is 316 g/mol. The van der Waals surface area contributed by atoms with Gasteiger partial charge >= 0.3 is 0 Å². The van der Waals surface area contributed by atoms with E-state index in [2.05, 4.69) is 14.7 Å². The van der Waals surface area contributed by atoms with Crippen molar-refractivity contribution in [2.45, 2.75) is 11.6 Å². The van der Waals surface area contributed by atoms with Gasteiger partial charge in [-0.25, -0.2) is 18.1 Å². The molecule has 0 unspecified atom stereocenters. The molecule has 9 heteroatoms. The van der Waals surface area contributed by atoms with Crippen LogP contribution in [0, 0.1) is 0 Å². The Morgan fingerprint density at radius 1 is 1.53 bits per heavy atom. The molecule has 0 spiro atoms. The first-order valence-corrected chi connectivity index (χ1v) is 8.04. The van der Waals surface area contributed by atoms with E-state index in [4.69, 9.17) is 11.6 Å². The van der Waals surface area contributed by atoms with Gasteiger partial charge in [0.15, 0.2) is 15.1 Å². The third-order valence-corrected chi connectivity index (χ3v) is 5.12. The first-order chi connectivity index (χ1) is 9.08. The van der Waals surface area contributed by atoms with E-state index < -0.39 is 10.0 Å². The lowest BCUT2D eigenvalue weighted by Crippen LogP contribution is -2.24. The Bertz CT molecular complexity index is 804.